The highest BCUT2D eigenvalue weighted by Crippen LogP contribution is 2.35. The lowest BCUT2D eigenvalue weighted by Gasteiger charge is -2.32. The number of nitriles is 1. The highest BCUT2D eigenvalue weighted by molar-refractivity contribution is 6.74. The van der Waals surface area contributed by atoms with Crippen LogP contribution < -0.4 is 29.9 Å². The number of tetrazole rings is 1. The molecule has 3 N–H and O–H groups in total. The Morgan fingerprint density at radius 1 is 0.736 bits per heavy atom. The molecule has 0 atom stereocenters. The smallest absolute Gasteiger partial charge is 0.255 e. The molecule has 0 radical (unpaired) electrons. The van der Waals surface area contributed by atoms with Crippen molar-refractivity contribution in [2.75, 3.05) is 53.2 Å². The molecule has 9 rings (SSSR count). The van der Waals surface area contributed by atoms with Crippen LogP contribution in [0.15, 0.2) is 114 Å². The minimum absolute atomic E-state index is 0.0585. The van der Waals surface area contributed by atoms with Gasteiger partial charge in [0.25, 0.3) is 11.8 Å². The number of aromatic nitrogens is 4. The van der Waals surface area contributed by atoms with Crippen LogP contribution in [0.5, 0.6) is 11.5 Å². The molecule has 0 aliphatic carbocycles. The number of azide groups is 1. The van der Waals surface area contributed by atoms with Crippen LogP contribution >= 0.6 is 0 Å². The largest absolute Gasteiger partial charge is 0.485 e. The molecule has 2 saturated heterocycles. The van der Waals surface area contributed by atoms with Crippen molar-refractivity contribution in [2.24, 2.45) is 16.6 Å². The van der Waals surface area contributed by atoms with Crippen LogP contribution in [0, 0.1) is 34.8 Å². The van der Waals surface area contributed by atoms with E-state index >= 15 is 0 Å². The predicted octanol–water partition coefficient (Wildman–Crippen LogP) is 12.1. The van der Waals surface area contributed by atoms with Gasteiger partial charge in [-0.2, -0.15) is 10.5 Å². The predicted molar refractivity (Wildman–Crippen MR) is 280 cm³/mol. The molecule has 0 saturated carbocycles. The van der Waals surface area contributed by atoms with Crippen molar-refractivity contribution in [3.05, 3.63) is 148 Å². The molecular formula is C53H58F2N12O4Si. The molecule has 16 nitrogen and oxygen atoms in total. The van der Waals surface area contributed by atoms with E-state index in [1.54, 1.807) is 36.4 Å². The normalized spacial score (nSPS) is 13.9. The zero-order chi connectivity index (χ0) is 51.2. The minimum atomic E-state index is -1.45. The number of carbonyl (C=O) groups is 2. The maximum atomic E-state index is 14.4. The van der Waals surface area contributed by atoms with Crippen LogP contribution in [0.2, 0.25) is 19.6 Å². The number of fused-ring (bicyclic) bond motifs is 2. The van der Waals surface area contributed by atoms with E-state index < -0.39 is 19.9 Å². The average molecular weight is 993 g/mol. The van der Waals surface area contributed by atoms with E-state index in [0.29, 0.717) is 40.5 Å². The number of ether oxygens (including phenoxy) is 2. The Morgan fingerprint density at radius 3 is 1.60 bits per heavy atom. The summed E-state index contributed by atoms with van der Waals surface area (Å²) in [5.41, 5.74) is 11.2. The number of hydrogen-bond acceptors (Lipinski definition) is 11. The van der Waals surface area contributed by atoms with Crippen LogP contribution in [0.1, 0.15) is 66.1 Å². The van der Waals surface area contributed by atoms with E-state index in [2.05, 4.69) is 64.6 Å². The number of amides is 2. The molecule has 0 unspecified atom stereocenters. The number of rotatable bonds is 12. The molecule has 72 heavy (non-hydrogen) atoms. The van der Waals surface area contributed by atoms with Gasteiger partial charge in [-0.25, -0.2) is 8.78 Å². The lowest BCUT2D eigenvalue weighted by atomic mass is 9.98. The summed E-state index contributed by atoms with van der Waals surface area (Å²) in [5, 5.41) is 31.5. The fourth-order valence-electron chi connectivity index (χ4n) is 8.34. The minimum Gasteiger partial charge on any atom is -0.485 e. The Bertz CT molecular complexity index is 3090. The molecular weight excluding hydrogens is 935 g/mol. The van der Waals surface area contributed by atoms with Gasteiger partial charge < -0.3 is 29.9 Å². The lowest BCUT2D eigenvalue weighted by Crippen LogP contribution is -2.33. The first-order valence-corrected chi connectivity index (χ1v) is 27.3. The zero-order valence-corrected chi connectivity index (χ0v) is 42.0. The van der Waals surface area contributed by atoms with Gasteiger partial charge in [0.05, 0.1) is 0 Å². The third-order valence-electron chi connectivity index (χ3n) is 12.2. The number of nitrogens with zero attached hydrogens (tertiary/aromatic N) is 9. The van der Waals surface area contributed by atoms with Crippen molar-refractivity contribution in [3.63, 3.8) is 0 Å². The van der Waals surface area contributed by atoms with E-state index in [0.717, 1.165) is 84.8 Å². The topological polar surface area (TPSA) is 210 Å². The molecule has 6 aromatic carbocycles. The number of H-pyrrole nitrogens is 1. The Labute approximate surface area is 418 Å². The number of piperidine rings is 2. The van der Waals surface area contributed by atoms with Gasteiger partial charge in [0, 0.05) is 81.6 Å². The van der Waals surface area contributed by atoms with Crippen LogP contribution in [-0.4, -0.2) is 73.5 Å². The summed E-state index contributed by atoms with van der Waals surface area (Å²) in [6, 6.07) is 33.1. The zero-order valence-electron chi connectivity index (χ0n) is 41.0. The second-order valence-corrected chi connectivity index (χ2v) is 23.4. The van der Waals surface area contributed by atoms with Gasteiger partial charge >= 0.3 is 0 Å². The van der Waals surface area contributed by atoms with Crippen LogP contribution in [0.25, 0.3) is 32.0 Å². The van der Waals surface area contributed by atoms with Gasteiger partial charge in [-0.1, -0.05) is 87.2 Å². The summed E-state index contributed by atoms with van der Waals surface area (Å²) in [4.78, 5) is 33.1. The number of halogens is 2. The number of aromatic amines is 1. The quantitative estimate of drug-likeness (QED) is 0.0456. The summed E-state index contributed by atoms with van der Waals surface area (Å²) in [7, 11) is -1.45. The van der Waals surface area contributed by atoms with Gasteiger partial charge in [0.1, 0.15) is 37.4 Å². The standard InChI is InChI=1S/C25H25FN6O2.C25H24FN3O2.C3H9N3Si/c1-16-8-10-32(11-9-16)19-13-17(12-18(26)14-19)25(33)27-22-6-7-23(21-5-3-2-4-20(21)22)34-15-24-28-30-31-29-24;1-17-8-11-29(12-9-17)20-15-18(14-19(26)16-20)25(30)28-23-6-7-24(31-13-10-27)22-5-3-2-4-21(22)23;1-7(2,3)6-5-4/h2-7,12-14,16H,8-11,15H2,1H3,(H,27,33)(H,28,29,30,31);2-7,14-17H,8-9,11-13H2,1H3,(H,28,30);1-3H3. The van der Waals surface area contributed by atoms with Crippen molar-refractivity contribution < 1.29 is 27.8 Å². The maximum absolute atomic E-state index is 14.4. The van der Waals surface area contributed by atoms with Crippen LogP contribution in [0.4, 0.5) is 31.5 Å². The van der Waals surface area contributed by atoms with Gasteiger partial charge in [0.2, 0.25) is 5.82 Å². The van der Waals surface area contributed by atoms with E-state index in [1.165, 1.54) is 24.3 Å². The van der Waals surface area contributed by atoms with Gasteiger partial charge in [0.15, 0.2) is 13.2 Å². The van der Waals surface area contributed by atoms with E-state index in [9.17, 15) is 18.4 Å². The van der Waals surface area contributed by atoms with E-state index in [4.69, 9.17) is 20.3 Å². The molecule has 0 spiro atoms. The van der Waals surface area contributed by atoms with E-state index in [1.807, 2.05) is 74.2 Å². The molecule has 2 aliphatic rings. The van der Waals surface area contributed by atoms with Crippen molar-refractivity contribution in [1.29, 1.82) is 5.26 Å². The van der Waals surface area contributed by atoms with Gasteiger partial charge in [-0.15, -0.1) is 15.0 Å². The average Bonchev–Trinajstić information content (AvgIpc) is 3.90. The van der Waals surface area contributed by atoms with Crippen LogP contribution in [0.3, 0.4) is 0 Å². The fourth-order valence-corrected chi connectivity index (χ4v) is 8.61. The molecule has 2 amide bonds. The summed E-state index contributed by atoms with van der Waals surface area (Å²) >= 11 is 0. The third-order valence-corrected chi connectivity index (χ3v) is 12.9. The summed E-state index contributed by atoms with van der Waals surface area (Å²) in [6.07, 6.45) is 4.24. The van der Waals surface area contributed by atoms with Crippen molar-refractivity contribution >= 4 is 64.3 Å². The Kier molecular flexibility index (Phi) is 17.4. The van der Waals surface area contributed by atoms with Crippen molar-refractivity contribution in [3.8, 4) is 17.6 Å². The van der Waals surface area contributed by atoms with Crippen molar-refractivity contribution in [2.45, 2.75) is 65.8 Å². The Hall–Kier alpha value is -8.07. The fraction of sp³-hybridized carbons (Fsp3) is 0.321. The highest BCUT2D eigenvalue weighted by atomic mass is 28.3. The SMILES string of the molecule is CC1CCN(c2cc(F)cc(C(=O)Nc3ccc(OCC#N)c4ccccc34)c2)CC1.CC1CCN(c2cc(F)cc(C(=O)Nc3ccc(OCc4nn[nH]n4)c4ccccc34)c2)CC1.C[Si](C)(C)N=[N+]=[N-]. The molecule has 7 aromatic rings. The summed E-state index contributed by atoms with van der Waals surface area (Å²) < 4.78 is 43.7. The maximum Gasteiger partial charge on any atom is 0.255 e. The first kappa shape index (κ1) is 51.8. The molecule has 19 heteroatoms. The summed E-state index contributed by atoms with van der Waals surface area (Å²) in [6.45, 7) is 14.0. The number of anilines is 4. The highest BCUT2D eigenvalue weighted by Gasteiger charge is 2.21. The molecule has 2 aliphatic heterocycles. The molecule has 372 valence electrons. The Morgan fingerprint density at radius 2 is 1.19 bits per heavy atom. The van der Waals surface area contributed by atoms with E-state index in [-0.39, 0.29) is 36.2 Å². The monoisotopic (exact) mass is 992 g/mol. The van der Waals surface area contributed by atoms with Gasteiger partial charge in [-0.05, 0) is 109 Å². The number of nitrogens with one attached hydrogen (secondary N) is 3. The Balaban J connectivity index is 0.000000187. The number of carbonyl (C=O) groups excluding carboxylic acids is 2. The van der Waals surface area contributed by atoms with Crippen molar-refractivity contribution in [1.82, 2.24) is 20.6 Å². The summed E-state index contributed by atoms with van der Waals surface area (Å²) in [5.74, 6) is 1.39. The number of benzene rings is 6. The lowest BCUT2D eigenvalue weighted by molar-refractivity contribution is 0.101. The first-order chi connectivity index (χ1) is 34.7. The second-order valence-electron chi connectivity index (χ2n) is 18.9. The van der Waals surface area contributed by atoms with Crippen LogP contribution in [-0.2, 0) is 6.61 Å². The third kappa shape index (κ3) is 14.0. The van der Waals surface area contributed by atoms with Gasteiger partial charge in [-0.3, -0.25) is 9.59 Å². The molecule has 0 bridgehead atoms. The molecule has 1 aromatic heterocycles. The molecule has 2 fully saturated rings. The molecule has 3 heterocycles. The first-order valence-electron chi connectivity index (χ1n) is 23.9. The second kappa shape index (κ2) is 24.2. The number of hydrogen-bond donors (Lipinski definition) is 3.